The molecule has 144 valence electrons. The second kappa shape index (κ2) is 7.60. The van der Waals surface area contributed by atoms with Gasteiger partial charge in [0, 0.05) is 12.2 Å². The summed E-state index contributed by atoms with van der Waals surface area (Å²) in [6.45, 7) is 2.14. The van der Waals surface area contributed by atoms with Gasteiger partial charge in [0.15, 0.2) is 0 Å². The first-order valence-electron chi connectivity index (χ1n) is 9.79. The van der Waals surface area contributed by atoms with Crippen LogP contribution < -0.4 is 10.0 Å². The highest BCUT2D eigenvalue weighted by Gasteiger charge is 2.40. The zero-order valence-electron chi connectivity index (χ0n) is 15.6. The van der Waals surface area contributed by atoms with Gasteiger partial charge in [0.25, 0.3) is 0 Å². The molecule has 27 heavy (non-hydrogen) atoms. The molecule has 3 atom stereocenters. The van der Waals surface area contributed by atoms with Crippen LogP contribution in [0.4, 0.5) is 5.69 Å². The summed E-state index contributed by atoms with van der Waals surface area (Å²) >= 11 is 0. The molecule has 1 fully saturated rings. The van der Waals surface area contributed by atoms with Gasteiger partial charge in [0.05, 0.1) is 23.2 Å². The Morgan fingerprint density at radius 3 is 2.59 bits per heavy atom. The summed E-state index contributed by atoms with van der Waals surface area (Å²) in [5.41, 5.74) is 2.55. The third-order valence-corrected chi connectivity index (χ3v) is 7.29. The summed E-state index contributed by atoms with van der Waals surface area (Å²) < 4.78 is 28.8. The van der Waals surface area contributed by atoms with Crippen LogP contribution in [-0.2, 0) is 15.8 Å². The molecule has 0 radical (unpaired) electrons. The molecule has 1 saturated carbocycles. The maximum absolute atomic E-state index is 12.9. The van der Waals surface area contributed by atoms with E-state index in [0.717, 1.165) is 16.9 Å². The van der Waals surface area contributed by atoms with Gasteiger partial charge in [-0.1, -0.05) is 50.1 Å². The summed E-state index contributed by atoms with van der Waals surface area (Å²) in [5.74, 6) is 0.719. The maximum Gasteiger partial charge on any atom is 0.216 e. The monoisotopic (exact) mass is 385 g/mol. The molecular weight excluding hydrogens is 358 g/mol. The molecule has 1 aromatic carbocycles. The molecule has 1 aromatic heterocycles. The van der Waals surface area contributed by atoms with E-state index in [9.17, 15) is 8.42 Å². The molecule has 2 N–H and O–H groups in total. The van der Waals surface area contributed by atoms with Crippen LogP contribution in [0.15, 0.2) is 48.7 Å². The first-order valence-corrected chi connectivity index (χ1v) is 11.4. The first-order chi connectivity index (χ1) is 13.0. The van der Waals surface area contributed by atoms with Crippen molar-refractivity contribution in [1.29, 1.82) is 0 Å². The lowest BCUT2D eigenvalue weighted by molar-refractivity contribution is 0.285. The number of nitrogens with zero attached hydrogens (tertiary/aromatic N) is 1. The van der Waals surface area contributed by atoms with Gasteiger partial charge in [-0.05, 0) is 42.4 Å². The number of aromatic nitrogens is 1. The normalized spacial score (nSPS) is 25.7. The highest BCUT2D eigenvalue weighted by atomic mass is 32.2. The molecule has 0 spiro atoms. The Bertz CT molecular complexity index is 879. The van der Waals surface area contributed by atoms with Crippen LogP contribution in [0.25, 0.3) is 0 Å². The number of nitrogens with one attached hydrogen (secondary N) is 2. The Morgan fingerprint density at radius 1 is 1.11 bits per heavy atom. The van der Waals surface area contributed by atoms with Crippen molar-refractivity contribution < 1.29 is 8.42 Å². The number of sulfonamides is 1. The van der Waals surface area contributed by atoms with Gasteiger partial charge in [-0.25, -0.2) is 13.1 Å². The van der Waals surface area contributed by atoms with Crippen LogP contribution in [0.1, 0.15) is 49.9 Å². The minimum absolute atomic E-state index is 0.0131. The summed E-state index contributed by atoms with van der Waals surface area (Å²) in [5, 5.41) is 3.66. The fraction of sp³-hybridized carbons (Fsp3) is 0.476. The molecule has 5 nitrogen and oxygen atoms in total. The molecule has 0 bridgehead atoms. The Morgan fingerprint density at radius 2 is 1.85 bits per heavy atom. The van der Waals surface area contributed by atoms with Crippen LogP contribution >= 0.6 is 0 Å². The average Bonchev–Trinajstić information content (AvgIpc) is 3.19. The SMILES string of the molecule is C[C@@H]1C(NS(=O)(=O)Cc2ccccc2)c2ncccc2NC1C1CCCC1. The minimum Gasteiger partial charge on any atom is -0.380 e. The highest BCUT2D eigenvalue weighted by molar-refractivity contribution is 7.88. The van der Waals surface area contributed by atoms with E-state index in [-0.39, 0.29) is 23.8 Å². The second-order valence-electron chi connectivity index (χ2n) is 7.85. The lowest BCUT2D eigenvalue weighted by atomic mass is 9.79. The maximum atomic E-state index is 12.9. The lowest BCUT2D eigenvalue weighted by Gasteiger charge is -2.41. The van der Waals surface area contributed by atoms with Crippen LogP contribution in [-0.4, -0.2) is 19.4 Å². The van der Waals surface area contributed by atoms with E-state index in [0.29, 0.717) is 5.92 Å². The highest BCUT2D eigenvalue weighted by Crippen LogP contribution is 2.42. The van der Waals surface area contributed by atoms with Crippen molar-refractivity contribution >= 4 is 15.7 Å². The van der Waals surface area contributed by atoms with Gasteiger partial charge >= 0.3 is 0 Å². The number of pyridine rings is 1. The van der Waals surface area contributed by atoms with E-state index in [1.54, 1.807) is 6.20 Å². The third kappa shape index (κ3) is 4.01. The zero-order valence-corrected chi connectivity index (χ0v) is 16.5. The zero-order chi connectivity index (χ0) is 18.9. The van der Waals surface area contributed by atoms with Gasteiger partial charge in [0.2, 0.25) is 10.0 Å². The fourth-order valence-corrected chi connectivity index (χ4v) is 6.04. The first kappa shape index (κ1) is 18.4. The Hall–Kier alpha value is -1.92. The minimum atomic E-state index is -3.47. The van der Waals surface area contributed by atoms with E-state index in [1.165, 1.54) is 25.7 Å². The average molecular weight is 386 g/mol. The molecule has 1 aliphatic carbocycles. The quantitative estimate of drug-likeness (QED) is 0.820. The molecule has 0 amide bonds. The molecule has 2 aliphatic rings. The number of rotatable bonds is 5. The Kier molecular flexibility index (Phi) is 5.19. The van der Waals surface area contributed by atoms with Crippen molar-refractivity contribution in [3.63, 3.8) is 0 Å². The number of hydrogen-bond donors (Lipinski definition) is 2. The predicted octanol–water partition coefficient (Wildman–Crippen LogP) is 3.86. The molecule has 4 rings (SSSR count). The topological polar surface area (TPSA) is 71.1 Å². The number of fused-ring (bicyclic) bond motifs is 1. The van der Waals surface area contributed by atoms with Crippen molar-refractivity contribution in [3.8, 4) is 0 Å². The predicted molar refractivity (Wildman–Crippen MR) is 108 cm³/mol. The van der Waals surface area contributed by atoms with Crippen molar-refractivity contribution in [1.82, 2.24) is 9.71 Å². The van der Waals surface area contributed by atoms with Crippen LogP contribution in [0.5, 0.6) is 0 Å². The van der Waals surface area contributed by atoms with Crippen LogP contribution in [0.2, 0.25) is 0 Å². The molecule has 2 unspecified atom stereocenters. The van der Waals surface area contributed by atoms with Gasteiger partial charge in [-0.2, -0.15) is 0 Å². The molecule has 6 heteroatoms. The van der Waals surface area contributed by atoms with Crippen molar-refractivity contribution in [2.24, 2.45) is 11.8 Å². The Labute approximate surface area is 161 Å². The van der Waals surface area contributed by atoms with Crippen molar-refractivity contribution in [3.05, 3.63) is 59.9 Å². The van der Waals surface area contributed by atoms with Crippen LogP contribution in [0, 0.1) is 11.8 Å². The van der Waals surface area contributed by atoms with Crippen molar-refractivity contribution in [2.75, 3.05) is 5.32 Å². The summed E-state index contributed by atoms with van der Waals surface area (Å²) in [7, 11) is -3.47. The smallest absolute Gasteiger partial charge is 0.216 e. The Balaban J connectivity index is 1.61. The van der Waals surface area contributed by atoms with E-state index in [4.69, 9.17) is 0 Å². The summed E-state index contributed by atoms with van der Waals surface area (Å²) in [6, 6.07) is 13.2. The molecular formula is C21H27N3O2S. The second-order valence-corrected chi connectivity index (χ2v) is 9.60. The molecule has 2 aromatic rings. The molecule has 0 saturated heterocycles. The molecule has 2 heterocycles. The van der Waals surface area contributed by atoms with E-state index in [1.807, 2.05) is 42.5 Å². The van der Waals surface area contributed by atoms with Gasteiger partial charge in [0.1, 0.15) is 0 Å². The summed E-state index contributed by atoms with van der Waals surface area (Å²) in [4.78, 5) is 4.51. The van der Waals surface area contributed by atoms with E-state index in [2.05, 4.69) is 21.9 Å². The van der Waals surface area contributed by atoms with Gasteiger partial charge < -0.3 is 5.32 Å². The number of anilines is 1. The number of hydrogen-bond acceptors (Lipinski definition) is 4. The number of benzene rings is 1. The lowest BCUT2D eigenvalue weighted by Crippen LogP contribution is -2.47. The standard InChI is InChI=1S/C21H27N3O2S/c1-15-19(17-10-5-6-11-17)23-18-12-7-13-22-21(18)20(15)24-27(25,26)14-16-8-3-2-4-9-16/h2-4,7-9,12-13,15,17,19-20,23-24H,5-6,10-11,14H2,1H3/t15-,19?,20?/m0/s1. The van der Waals surface area contributed by atoms with E-state index >= 15 is 0 Å². The third-order valence-electron chi connectivity index (χ3n) is 5.96. The van der Waals surface area contributed by atoms with Gasteiger partial charge in [-0.15, -0.1) is 0 Å². The molecule has 1 aliphatic heterocycles. The largest absolute Gasteiger partial charge is 0.380 e. The summed E-state index contributed by atoms with van der Waals surface area (Å²) in [6.07, 6.45) is 6.68. The van der Waals surface area contributed by atoms with Crippen molar-refractivity contribution in [2.45, 2.75) is 50.4 Å². The fourth-order valence-electron chi connectivity index (χ4n) is 4.61. The van der Waals surface area contributed by atoms with Gasteiger partial charge in [-0.3, -0.25) is 4.98 Å². The van der Waals surface area contributed by atoms with E-state index < -0.39 is 10.0 Å². The van der Waals surface area contributed by atoms with Crippen LogP contribution in [0.3, 0.4) is 0 Å².